The van der Waals surface area contributed by atoms with Gasteiger partial charge in [-0.2, -0.15) is 0 Å². The second kappa shape index (κ2) is 6.76. The largest absolute Gasteiger partial charge is 0.376 e. The molecule has 1 atom stereocenters. The molecular weight excluding hydrogens is 248 g/mol. The Balaban J connectivity index is 1.95. The van der Waals surface area contributed by atoms with Crippen molar-refractivity contribution in [2.45, 2.75) is 70.4 Å². The summed E-state index contributed by atoms with van der Waals surface area (Å²) >= 11 is 0. The van der Waals surface area contributed by atoms with Crippen molar-refractivity contribution in [3.05, 3.63) is 0 Å². The maximum atomic E-state index is 5.97. The van der Waals surface area contributed by atoms with Gasteiger partial charge in [0.05, 0.1) is 44.2 Å². The maximum absolute atomic E-state index is 5.97. The molecule has 0 radical (unpaired) electrons. The Bertz CT molecular complexity index is 297. The Morgan fingerprint density at radius 1 is 1.15 bits per heavy atom. The van der Waals surface area contributed by atoms with E-state index in [0.29, 0.717) is 5.41 Å². The number of ether oxygens (including phenoxy) is 1. The number of quaternary nitrogens is 2. The fourth-order valence-electron chi connectivity index (χ4n) is 4.52. The molecular formula is C17H36N2O+2. The second-order valence-electron chi connectivity index (χ2n) is 8.26. The van der Waals surface area contributed by atoms with Crippen LogP contribution in [0.3, 0.4) is 0 Å². The third kappa shape index (κ3) is 4.71. The molecule has 3 heteroatoms. The zero-order valence-electron chi connectivity index (χ0n) is 14.1. The van der Waals surface area contributed by atoms with Crippen LogP contribution in [0.5, 0.6) is 0 Å². The third-order valence-corrected chi connectivity index (χ3v) is 5.19. The van der Waals surface area contributed by atoms with E-state index in [1.54, 1.807) is 4.90 Å². The minimum atomic E-state index is 0.0636. The highest BCUT2D eigenvalue weighted by molar-refractivity contribution is 4.89. The van der Waals surface area contributed by atoms with Crippen molar-refractivity contribution >= 4 is 0 Å². The molecule has 0 unspecified atom stereocenters. The quantitative estimate of drug-likeness (QED) is 0.761. The van der Waals surface area contributed by atoms with Gasteiger partial charge in [0.15, 0.2) is 0 Å². The molecule has 20 heavy (non-hydrogen) atoms. The van der Waals surface area contributed by atoms with Gasteiger partial charge >= 0.3 is 0 Å². The van der Waals surface area contributed by atoms with Gasteiger partial charge in [-0.3, -0.25) is 0 Å². The van der Waals surface area contributed by atoms with E-state index in [4.69, 9.17) is 4.74 Å². The zero-order chi connectivity index (χ0) is 14.6. The van der Waals surface area contributed by atoms with E-state index in [0.717, 1.165) is 12.6 Å². The molecule has 3 N–H and O–H groups in total. The van der Waals surface area contributed by atoms with Crippen LogP contribution in [0.15, 0.2) is 0 Å². The number of hydrogen-bond donors (Lipinski definition) is 2. The van der Waals surface area contributed by atoms with E-state index in [1.807, 2.05) is 0 Å². The highest BCUT2D eigenvalue weighted by Gasteiger charge is 2.44. The molecule has 2 rings (SSSR count). The first-order valence-corrected chi connectivity index (χ1v) is 8.67. The molecule has 2 aliphatic rings. The van der Waals surface area contributed by atoms with Crippen LogP contribution >= 0.6 is 0 Å². The predicted octanol–water partition coefficient (Wildman–Crippen LogP) is 0.602. The smallest absolute Gasteiger partial charge is 0.0880 e. The lowest BCUT2D eigenvalue weighted by molar-refractivity contribution is -0.870. The first-order valence-electron chi connectivity index (χ1n) is 8.67. The minimum Gasteiger partial charge on any atom is -0.376 e. The Kier molecular flexibility index (Phi) is 5.49. The Labute approximate surface area is 125 Å². The Morgan fingerprint density at radius 2 is 1.85 bits per heavy atom. The summed E-state index contributed by atoms with van der Waals surface area (Å²) in [7, 11) is 4.59. The average Bonchev–Trinajstić information content (AvgIpc) is 2.36. The first-order chi connectivity index (χ1) is 9.41. The first kappa shape index (κ1) is 16.3. The second-order valence-corrected chi connectivity index (χ2v) is 8.26. The molecule has 1 saturated heterocycles. The fourth-order valence-corrected chi connectivity index (χ4v) is 4.52. The number of nitrogens with two attached hydrogens (primary N) is 1. The van der Waals surface area contributed by atoms with Crippen LogP contribution in [0.1, 0.15) is 58.8 Å². The van der Waals surface area contributed by atoms with E-state index in [-0.39, 0.29) is 5.60 Å². The summed E-state index contributed by atoms with van der Waals surface area (Å²) in [6, 6.07) is 0.892. The summed E-state index contributed by atoms with van der Waals surface area (Å²) in [4.78, 5) is 1.58. The summed E-state index contributed by atoms with van der Waals surface area (Å²) in [6.07, 6.45) is 9.68. The average molecular weight is 284 g/mol. The van der Waals surface area contributed by atoms with E-state index in [9.17, 15) is 0 Å². The monoisotopic (exact) mass is 284 g/mol. The third-order valence-electron chi connectivity index (χ3n) is 5.19. The Hall–Kier alpha value is -0.120. The molecule has 0 aromatic rings. The lowest BCUT2D eigenvalue weighted by atomic mass is 9.73. The number of hydrogen-bond acceptors (Lipinski definition) is 1. The van der Waals surface area contributed by atoms with Gasteiger partial charge in [0.1, 0.15) is 0 Å². The van der Waals surface area contributed by atoms with Gasteiger partial charge in [0.25, 0.3) is 0 Å². The molecule has 1 heterocycles. The van der Waals surface area contributed by atoms with Gasteiger partial charge in [-0.1, -0.05) is 6.42 Å². The Morgan fingerprint density at radius 3 is 2.45 bits per heavy atom. The van der Waals surface area contributed by atoms with E-state index >= 15 is 0 Å². The minimum absolute atomic E-state index is 0.0636. The van der Waals surface area contributed by atoms with E-state index < -0.39 is 0 Å². The molecule has 0 aromatic carbocycles. The van der Waals surface area contributed by atoms with Gasteiger partial charge in [-0.15, -0.1) is 0 Å². The lowest BCUT2D eigenvalue weighted by Gasteiger charge is -2.44. The summed E-state index contributed by atoms with van der Waals surface area (Å²) in [6.45, 7) is 8.07. The van der Waals surface area contributed by atoms with Crippen molar-refractivity contribution < 1.29 is 15.0 Å². The van der Waals surface area contributed by atoms with Crippen molar-refractivity contribution in [1.29, 1.82) is 0 Å². The van der Waals surface area contributed by atoms with E-state index in [1.165, 1.54) is 58.0 Å². The van der Waals surface area contributed by atoms with Gasteiger partial charge < -0.3 is 15.0 Å². The van der Waals surface area contributed by atoms with Crippen molar-refractivity contribution in [1.82, 2.24) is 0 Å². The molecule has 0 bridgehead atoms. The van der Waals surface area contributed by atoms with Gasteiger partial charge in [0, 0.05) is 6.61 Å². The van der Waals surface area contributed by atoms with Crippen molar-refractivity contribution in [2.24, 2.45) is 5.41 Å². The van der Waals surface area contributed by atoms with Gasteiger partial charge in [-0.25, -0.2) is 0 Å². The van der Waals surface area contributed by atoms with Gasteiger partial charge in [0.2, 0.25) is 0 Å². The number of rotatable bonds is 5. The SMILES string of the molecule is C[NH+](C)C[C@]1(C[NH2+]C2CCCCC2)CCOC(C)(C)C1. The molecule has 118 valence electrons. The summed E-state index contributed by atoms with van der Waals surface area (Å²) in [5, 5.41) is 2.68. The highest BCUT2D eigenvalue weighted by atomic mass is 16.5. The van der Waals surface area contributed by atoms with Crippen LogP contribution in [0.2, 0.25) is 0 Å². The predicted molar refractivity (Wildman–Crippen MR) is 83.0 cm³/mol. The van der Waals surface area contributed by atoms with Crippen LogP contribution in [0, 0.1) is 5.41 Å². The van der Waals surface area contributed by atoms with Crippen LogP contribution in [-0.2, 0) is 4.74 Å². The topological polar surface area (TPSA) is 30.3 Å². The highest BCUT2D eigenvalue weighted by Crippen LogP contribution is 2.37. The van der Waals surface area contributed by atoms with Crippen LogP contribution in [-0.4, -0.2) is 45.4 Å². The summed E-state index contributed by atoms with van der Waals surface area (Å²) in [5.41, 5.74) is 0.534. The molecule has 2 fully saturated rings. The summed E-state index contributed by atoms with van der Waals surface area (Å²) < 4.78 is 5.97. The number of nitrogens with one attached hydrogen (secondary N) is 1. The molecule has 1 saturated carbocycles. The van der Waals surface area contributed by atoms with E-state index in [2.05, 4.69) is 33.3 Å². The maximum Gasteiger partial charge on any atom is 0.0880 e. The van der Waals surface area contributed by atoms with Gasteiger partial charge in [-0.05, 0) is 52.4 Å². The molecule has 1 aliphatic carbocycles. The van der Waals surface area contributed by atoms with Crippen LogP contribution in [0.25, 0.3) is 0 Å². The standard InChI is InChI=1S/C17H34N2O/c1-16(2)12-17(10-11-20-16,14-19(3)4)13-18-15-8-6-5-7-9-15/h15,18H,5-14H2,1-4H3/p+2/t17-/m1/s1. The zero-order valence-corrected chi connectivity index (χ0v) is 14.1. The summed E-state index contributed by atoms with van der Waals surface area (Å²) in [5.74, 6) is 0. The molecule has 0 amide bonds. The van der Waals surface area contributed by atoms with Crippen LogP contribution in [0.4, 0.5) is 0 Å². The molecule has 1 aliphatic heterocycles. The fraction of sp³-hybridized carbons (Fsp3) is 1.00. The van der Waals surface area contributed by atoms with Crippen LogP contribution < -0.4 is 10.2 Å². The molecule has 0 spiro atoms. The molecule has 0 aromatic heterocycles. The van der Waals surface area contributed by atoms with Crippen molar-refractivity contribution in [2.75, 3.05) is 33.8 Å². The molecule has 3 nitrogen and oxygen atoms in total. The van der Waals surface area contributed by atoms with Crippen molar-refractivity contribution in [3.8, 4) is 0 Å². The lowest BCUT2D eigenvalue weighted by Crippen LogP contribution is -3.08. The van der Waals surface area contributed by atoms with Crippen molar-refractivity contribution in [3.63, 3.8) is 0 Å². The normalized spacial score (nSPS) is 31.6.